The van der Waals surface area contributed by atoms with Gasteiger partial charge in [-0.2, -0.15) is 0 Å². The highest BCUT2D eigenvalue weighted by Gasteiger charge is 2.22. The molecule has 1 saturated carbocycles. The minimum Gasteiger partial charge on any atom is -0.364 e. The molecule has 144 valence electrons. The van der Waals surface area contributed by atoms with Crippen LogP contribution in [0.4, 0.5) is 11.8 Å². The normalized spacial score (nSPS) is 13.6. The van der Waals surface area contributed by atoms with E-state index in [-0.39, 0.29) is 5.78 Å². The first-order chi connectivity index (χ1) is 14.2. The molecule has 29 heavy (non-hydrogen) atoms. The lowest BCUT2D eigenvalue weighted by molar-refractivity contribution is 0.101. The van der Waals surface area contributed by atoms with Crippen molar-refractivity contribution in [3.05, 3.63) is 60.0 Å². The second-order valence-corrected chi connectivity index (χ2v) is 7.34. The molecule has 0 saturated heterocycles. The predicted molar refractivity (Wildman–Crippen MR) is 113 cm³/mol. The molecule has 3 heterocycles. The molecule has 1 fully saturated rings. The Morgan fingerprint density at radius 2 is 2.03 bits per heavy atom. The van der Waals surface area contributed by atoms with Gasteiger partial charge in [0.1, 0.15) is 5.52 Å². The molecule has 2 N–H and O–H groups in total. The van der Waals surface area contributed by atoms with Gasteiger partial charge in [-0.15, -0.1) is 0 Å². The van der Waals surface area contributed by atoms with Crippen LogP contribution in [0.2, 0.25) is 0 Å². The van der Waals surface area contributed by atoms with Gasteiger partial charge in [0.05, 0.1) is 5.52 Å². The zero-order valence-corrected chi connectivity index (χ0v) is 16.0. The van der Waals surface area contributed by atoms with Crippen LogP contribution in [0.5, 0.6) is 0 Å². The largest absolute Gasteiger partial charge is 0.364 e. The summed E-state index contributed by atoms with van der Waals surface area (Å²) in [5.74, 6) is 1.29. The second kappa shape index (κ2) is 7.09. The predicted octanol–water partition coefficient (Wildman–Crippen LogP) is 3.96. The van der Waals surface area contributed by atoms with Gasteiger partial charge in [-0.3, -0.25) is 9.78 Å². The fraction of sp³-hybridized carbons (Fsp3) is 0.227. The zero-order chi connectivity index (χ0) is 19.8. The fourth-order valence-electron chi connectivity index (χ4n) is 3.30. The number of carbonyl (C=O) groups excluding carboxylic acids is 1. The van der Waals surface area contributed by atoms with Crippen molar-refractivity contribution in [2.24, 2.45) is 0 Å². The summed E-state index contributed by atoms with van der Waals surface area (Å²) in [6.07, 6.45) is 7.70. The number of fused-ring (bicyclic) bond motifs is 3. The molecule has 3 aromatic heterocycles. The molecule has 0 aliphatic heterocycles. The lowest BCUT2D eigenvalue weighted by atomic mass is 10.1. The first-order valence-corrected chi connectivity index (χ1v) is 9.68. The number of aromatic nitrogens is 4. The highest BCUT2D eigenvalue weighted by Crippen LogP contribution is 2.30. The third-order valence-corrected chi connectivity index (χ3v) is 5.03. The van der Waals surface area contributed by atoms with Crippen LogP contribution in [0.15, 0.2) is 48.9 Å². The molecule has 0 spiro atoms. The molecule has 1 aliphatic carbocycles. The number of hydrogen-bond acceptors (Lipinski definition) is 7. The van der Waals surface area contributed by atoms with E-state index in [1.54, 1.807) is 13.1 Å². The van der Waals surface area contributed by atoms with Crippen LogP contribution in [0, 0.1) is 0 Å². The van der Waals surface area contributed by atoms with Crippen molar-refractivity contribution in [1.82, 2.24) is 19.9 Å². The third kappa shape index (κ3) is 3.59. The van der Waals surface area contributed by atoms with Crippen molar-refractivity contribution in [3.63, 3.8) is 0 Å². The number of Topliss-reactive ketones (excluding diaryl/α,β-unsaturated/α-hetero) is 1. The van der Waals surface area contributed by atoms with E-state index >= 15 is 0 Å². The molecule has 0 radical (unpaired) electrons. The summed E-state index contributed by atoms with van der Waals surface area (Å²) in [5, 5.41) is 8.56. The molecule has 0 atom stereocenters. The number of rotatable bonds is 6. The number of pyridine rings is 2. The highest BCUT2D eigenvalue weighted by molar-refractivity contribution is 6.10. The summed E-state index contributed by atoms with van der Waals surface area (Å²) >= 11 is 0. The Morgan fingerprint density at radius 3 is 2.79 bits per heavy atom. The summed E-state index contributed by atoms with van der Waals surface area (Å²) in [6.45, 7) is 2.13. The summed E-state index contributed by atoms with van der Waals surface area (Å²) in [4.78, 5) is 30.0. The van der Waals surface area contributed by atoms with Crippen LogP contribution in [-0.2, 0) is 6.54 Å². The van der Waals surface area contributed by atoms with Crippen LogP contribution in [0.1, 0.15) is 35.7 Å². The summed E-state index contributed by atoms with van der Waals surface area (Å²) < 4.78 is 0. The maximum absolute atomic E-state index is 11.8. The maximum atomic E-state index is 11.8. The molecule has 5 rings (SSSR count). The number of nitrogens with one attached hydrogen (secondary N) is 2. The summed E-state index contributed by atoms with van der Waals surface area (Å²) in [5.41, 5.74) is 3.18. The molecule has 0 bridgehead atoms. The smallest absolute Gasteiger partial charge is 0.223 e. The second-order valence-electron chi connectivity index (χ2n) is 7.34. The van der Waals surface area contributed by atoms with Crippen LogP contribution in [0.25, 0.3) is 21.8 Å². The van der Waals surface area contributed by atoms with Gasteiger partial charge >= 0.3 is 0 Å². The molecule has 1 aliphatic rings. The van der Waals surface area contributed by atoms with E-state index in [1.165, 1.54) is 0 Å². The minimum atomic E-state index is 0.0129. The van der Waals surface area contributed by atoms with Crippen molar-refractivity contribution in [3.8, 4) is 0 Å². The number of nitrogens with zero attached hydrogens (tertiary/aromatic N) is 4. The van der Waals surface area contributed by atoms with Crippen LogP contribution in [-0.4, -0.2) is 31.8 Å². The number of hydrogen-bond donors (Lipinski definition) is 2. The Kier molecular flexibility index (Phi) is 4.27. The van der Waals surface area contributed by atoms with Gasteiger partial charge in [0.25, 0.3) is 0 Å². The van der Waals surface area contributed by atoms with Gasteiger partial charge in [0.15, 0.2) is 11.6 Å². The summed E-state index contributed by atoms with van der Waals surface area (Å²) in [7, 11) is 0. The minimum absolute atomic E-state index is 0.0129. The highest BCUT2D eigenvalue weighted by atomic mass is 16.1. The van der Waals surface area contributed by atoms with Gasteiger partial charge in [-0.05, 0) is 37.5 Å². The van der Waals surface area contributed by atoms with E-state index < -0.39 is 0 Å². The Balaban J connectivity index is 1.63. The third-order valence-electron chi connectivity index (χ3n) is 5.03. The topological polar surface area (TPSA) is 92.7 Å². The first-order valence-electron chi connectivity index (χ1n) is 9.68. The molecule has 4 aromatic rings. The SMILES string of the molecule is CC(=O)c1ccc2c(c1)nc(NCc1cccnc1)c1nc(NC3CC3)ncc12. The van der Waals surface area contributed by atoms with Gasteiger partial charge in [-0.25, -0.2) is 15.0 Å². The fourth-order valence-corrected chi connectivity index (χ4v) is 3.30. The van der Waals surface area contributed by atoms with Gasteiger partial charge in [-0.1, -0.05) is 18.2 Å². The maximum Gasteiger partial charge on any atom is 0.223 e. The Morgan fingerprint density at radius 1 is 1.14 bits per heavy atom. The van der Waals surface area contributed by atoms with Gasteiger partial charge in [0, 0.05) is 47.5 Å². The molecule has 0 unspecified atom stereocenters. The average molecular weight is 384 g/mol. The summed E-state index contributed by atoms with van der Waals surface area (Å²) in [6, 6.07) is 9.94. The zero-order valence-electron chi connectivity index (χ0n) is 16.0. The van der Waals surface area contributed by atoms with E-state index in [4.69, 9.17) is 9.97 Å². The van der Waals surface area contributed by atoms with E-state index in [2.05, 4.69) is 20.6 Å². The van der Waals surface area contributed by atoms with Crippen LogP contribution in [0.3, 0.4) is 0 Å². The Hall–Kier alpha value is -3.61. The molecule has 1 aromatic carbocycles. The van der Waals surface area contributed by atoms with Crippen molar-refractivity contribution in [1.29, 1.82) is 0 Å². The Bertz CT molecular complexity index is 1220. The lowest BCUT2D eigenvalue weighted by Gasteiger charge is -2.13. The molecular formula is C22H20N6O. The quantitative estimate of drug-likeness (QED) is 0.384. The van der Waals surface area contributed by atoms with Crippen molar-refractivity contribution in [2.75, 3.05) is 10.6 Å². The molecular weight excluding hydrogens is 364 g/mol. The van der Waals surface area contributed by atoms with Crippen LogP contribution >= 0.6 is 0 Å². The van der Waals surface area contributed by atoms with E-state index in [1.807, 2.05) is 42.7 Å². The lowest BCUT2D eigenvalue weighted by Crippen LogP contribution is -2.08. The monoisotopic (exact) mass is 384 g/mol. The first kappa shape index (κ1) is 17.5. The van der Waals surface area contributed by atoms with Crippen molar-refractivity contribution >= 4 is 39.4 Å². The van der Waals surface area contributed by atoms with Gasteiger partial charge < -0.3 is 10.6 Å². The molecule has 0 amide bonds. The van der Waals surface area contributed by atoms with Gasteiger partial charge in [0.2, 0.25) is 5.95 Å². The molecule has 7 heteroatoms. The van der Waals surface area contributed by atoms with E-state index in [0.29, 0.717) is 29.9 Å². The van der Waals surface area contributed by atoms with E-state index in [9.17, 15) is 4.79 Å². The number of ketones is 1. The van der Waals surface area contributed by atoms with Crippen LogP contribution < -0.4 is 10.6 Å². The molecule has 7 nitrogen and oxygen atoms in total. The number of carbonyl (C=O) groups is 1. The van der Waals surface area contributed by atoms with Crippen molar-refractivity contribution in [2.45, 2.75) is 32.4 Å². The number of anilines is 2. The number of benzene rings is 1. The van der Waals surface area contributed by atoms with E-state index in [0.717, 1.165) is 40.2 Å². The standard InChI is InChI=1S/C22H20N6O/c1-13(29)15-4-7-17-18-12-25-22(26-16-5-6-16)28-20(18)21(27-19(17)9-15)24-11-14-3-2-8-23-10-14/h2-4,7-10,12,16H,5-6,11H2,1H3,(H,24,27)(H,25,26,28). The average Bonchev–Trinajstić information content (AvgIpc) is 3.56. The van der Waals surface area contributed by atoms with Crippen molar-refractivity contribution < 1.29 is 4.79 Å². The Labute approximate surface area is 167 Å².